The molecule has 0 aliphatic carbocycles. The highest BCUT2D eigenvalue weighted by Crippen LogP contribution is 2.32. The average Bonchev–Trinajstić information content (AvgIpc) is 3.47. The van der Waals surface area contributed by atoms with Gasteiger partial charge in [-0.25, -0.2) is 0 Å². The van der Waals surface area contributed by atoms with Gasteiger partial charge in [0.25, 0.3) is 5.91 Å². The van der Waals surface area contributed by atoms with Crippen molar-refractivity contribution in [1.29, 1.82) is 0 Å². The van der Waals surface area contributed by atoms with E-state index in [4.69, 9.17) is 14.6 Å². The number of allylic oxidation sites excluding steroid dienone is 1. The number of carbonyl (C=O) groups is 1. The van der Waals surface area contributed by atoms with Crippen molar-refractivity contribution in [3.63, 3.8) is 0 Å². The standard InChI is InChI=1S/C24H28N2O4S/c27-10-3-4-11-29-23-14-19(18-8-12-31-16-18)13-22(30-23)24(28)25-9-7-17-15-26-21-6-2-1-5-20(17)21/h1-2,5-6,8,12-13,15-16,19,23,26-27H,3-4,7,9-11,14H2,(H,25,28)/t19-,23+/m0/s1. The summed E-state index contributed by atoms with van der Waals surface area (Å²) in [7, 11) is 0. The first kappa shape index (κ1) is 21.6. The Hall–Kier alpha value is -2.61. The third-order valence-electron chi connectivity index (χ3n) is 5.46. The van der Waals surface area contributed by atoms with Crippen LogP contribution >= 0.6 is 11.3 Å². The number of aliphatic hydroxyl groups excluding tert-OH is 1. The van der Waals surface area contributed by atoms with Gasteiger partial charge in [-0.1, -0.05) is 18.2 Å². The number of thiophene rings is 1. The number of hydrogen-bond donors (Lipinski definition) is 3. The SMILES string of the molecule is O=C(NCCc1c[nH]c2ccccc12)C1=C[C@H](c2ccsc2)C[C@H](OCCCCO)O1. The summed E-state index contributed by atoms with van der Waals surface area (Å²) in [5, 5.41) is 17.2. The van der Waals surface area contributed by atoms with E-state index in [1.807, 2.05) is 35.9 Å². The van der Waals surface area contributed by atoms with Crippen molar-refractivity contribution < 1.29 is 19.4 Å². The molecule has 31 heavy (non-hydrogen) atoms. The first-order valence-electron chi connectivity index (χ1n) is 10.7. The molecule has 0 saturated carbocycles. The molecular weight excluding hydrogens is 412 g/mol. The van der Waals surface area contributed by atoms with E-state index in [0.717, 1.165) is 18.4 Å². The zero-order valence-corrected chi connectivity index (χ0v) is 18.2. The van der Waals surface area contributed by atoms with E-state index < -0.39 is 6.29 Å². The summed E-state index contributed by atoms with van der Waals surface area (Å²) in [6.07, 6.45) is 6.28. The van der Waals surface area contributed by atoms with Gasteiger partial charge in [0.05, 0.1) is 6.61 Å². The molecule has 3 N–H and O–H groups in total. The van der Waals surface area contributed by atoms with Crippen LogP contribution in [-0.2, 0) is 20.7 Å². The highest BCUT2D eigenvalue weighted by molar-refractivity contribution is 7.08. The molecule has 2 aromatic heterocycles. The number of aromatic amines is 1. The number of rotatable bonds is 10. The molecule has 0 unspecified atom stereocenters. The van der Waals surface area contributed by atoms with E-state index in [-0.39, 0.29) is 18.4 Å². The summed E-state index contributed by atoms with van der Waals surface area (Å²) in [5.74, 6) is 0.175. The van der Waals surface area contributed by atoms with Gasteiger partial charge >= 0.3 is 0 Å². The lowest BCUT2D eigenvalue weighted by molar-refractivity contribution is -0.146. The van der Waals surface area contributed by atoms with E-state index in [2.05, 4.69) is 27.8 Å². The molecule has 1 aliphatic heterocycles. The van der Waals surface area contributed by atoms with E-state index in [0.29, 0.717) is 31.8 Å². The number of hydrogen-bond acceptors (Lipinski definition) is 5. The molecule has 1 amide bonds. The number of aromatic nitrogens is 1. The lowest BCUT2D eigenvalue weighted by Gasteiger charge is -2.29. The quantitative estimate of drug-likeness (QED) is 0.415. The molecule has 0 spiro atoms. The number of fused-ring (bicyclic) bond motifs is 1. The summed E-state index contributed by atoms with van der Waals surface area (Å²) < 4.78 is 11.7. The van der Waals surface area contributed by atoms with Gasteiger partial charge in [-0.2, -0.15) is 11.3 Å². The Balaban J connectivity index is 1.37. The van der Waals surface area contributed by atoms with E-state index in [1.54, 1.807) is 11.3 Å². The predicted molar refractivity (Wildman–Crippen MR) is 122 cm³/mol. The highest BCUT2D eigenvalue weighted by Gasteiger charge is 2.28. The van der Waals surface area contributed by atoms with Crippen LogP contribution in [-0.4, -0.2) is 42.0 Å². The van der Waals surface area contributed by atoms with Gasteiger partial charge in [0.15, 0.2) is 5.76 Å². The molecule has 0 radical (unpaired) electrons. The van der Waals surface area contributed by atoms with Crippen molar-refractivity contribution >= 4 is 28.1 Å². The van der Waals surface area contributed by atoms with Crippen LogP contribution in [0.2, 0.25) is 0 Å². The van der Waals surface area contributed by atoms with Crippen molar-refractivity contribution in [2.45, 2.75) is 37.9 Å². The van der Waals surface area contributed by atoms with Gasteiger partial charge in [0.1, 0.15) is 0 Å². The second-order valence-electron chi connectivity index (χ2n) is 7.64. The van der Waals surface area contributed by atoms with Gasteiger partial charge in [-0.05, 0) is 59.4 Å². The van der Waals surface area contributed by atoms with Crippen molar-refractivity contribution in [3.05, 3.63) is 70.3 Å². The number of unbranched alkanes of at least 4 members (excludes halogenated alkanes) is 1. The number of nitrogens with one attached hydrogen (secondary N) is 2. The lowest BCUT2D eigenvalue weighted by Crippen LogP contribution is -2.33. The van der Waals surface area contributed by atoms with Crippen molar-refractivity contribution in [2.75, 3.05) is 19.8 Å². The number of H-pyrrole nitrogens is 1. The smallest absolute Gasteiger partial charge is 0.286 e. The average molecular weight is 441 g/mol. The molecule has 1 aromatic carbocycles. The summed E-state index contributed by atoms with van der Waals surface area (Å²) in [6.45, 7) is 1.17. The molecule has 6 nitrogen and oxygen atoms in total. The molecule has 164 valence electrons. The van der Waals surface area contributed by atoms with Crippen LogP contribution < -0.4 is 5.32 Å². The van der Waals surface area contributed by atoms with Crippen LogP contribution in [0.3, 0.4) is 0 Å². The molecule has 0 bridgehead atoms. The Labute approximate surface area is 185 Å². The number of aliphatic hydroxyl groups is 1. The Morgan fingerprint density at radius 3 is 3.03 bits per heavy atom. The molecule has 0 saturated heterocycles. The third kappa shape index (κ3) is 5.55. The molecular formula is C24H28N2O4S. The minimum Gasteiger partial charge on any atom is -0.459 e. The molecule has 3 aromatic rings. The number of para-hydroxylation sites is 1. The topological polar surface area (TPSA) is 83.6 Å². The first-order valence-corrected chi connectivity index (χ1v) is 11.6. The Morgan fingerprint density at radius 1 is 1.29 bits per heavy atom. The summed E-state index contributed by atoms with van der Waals surface area (Å²) in [4.78, 5) is 16.1. The normalized spacial score (nSPS) is 18.5. The third-order valence-corrected chi connectivity index (χ3v) is 6.16. The molecule has 7 heteroatoms. The zero-order chi connectivity index (χ0) is 21.5. The summed E-state index contributed by atoms with van der Waals surface area (Å²) in [6, 6.07) is 10.2. The van der Waals surface area contributed by atoms with Gasteiger partial charge in [0.2, 0.25) is 6.29 Å². The molecule has 3 heterocycles. The van der Waals surface area contributed by atoms with Crippen LogP contribution in [0.4, 0.5) is 0 Å². The largest absolute Gasteiger partial charge is 0.459 e. The van der Waals surface area contributed by atoms with E-state index in [9.17, 15) is 4.79 Å². The van der Waals surface area contributed by atoms with Crippen molar-refractivity contribution in [1.82, 2.24) is 10.3 Å². The molecule has 2 atom stereocenters. The maximum absolute atomic E-state index is 12.8. The molecule has 1 aliphatic rings. The number of amides is 1. The van der Waals surface area contributed by atoms with Crippen LogP contribution in [0.1, 0.15) is 36.3 Å². The van der Waals surface area contributed by atoms with Gasteiger partial charge in [-0.15, -0.1) is 0 Å². The van der Waals surface area contributed by atoms with Crippen LogP contribution in [0, 0.1) is 0 Å². The van der Waals surface area contributed by atoms with E-state index >= 15 is 0 Å². The van der Waals surface area contributed by atoms with Crippen molar-refractivity contribution in [2.24, 2.45) is 0 Å². The fourth-order valence-corrected chi connectivity index (χ4v) is 4.53. The number of benzene rings is 1. The van der Waals surface area contributed by atoms with Crippen LogP contribution in [0.15, 0.2) is 59.1 Å². The lowest BCUT2D eigenvalue weighted by atomic mass is 9.95. The minimum atomic E-state index is -0.469. The molecule has 4 rings (SSSR count). The van der Waals surface area contributed by atoms with Crippen molar-refractivity contribution in [3.8, 4) is 0 Å². The number of ether oxygens (including phenoxy) is 2. The summed E-state index contributed by atoms with van der Waals surface area (Å²) >= 11 is 1.64. The monoisotopic (exact) mass is 440 g/mol. The predicted octanol–water partition coefficient (Wildman–Crippen LogP) is 4.09. The minimum absolute atomic E-state index is 0.0807. The molecule has 0 fully saturated rings. The second-order valence-corrected chi connectivity index (χ2v) is 8.42. The maximum atomic E-state index is 12.8. The van der Waals surface area contributed by atoms with Crippen LogP contribution in [0.5, 0.6) is 0 Å². The van der Waals surface area contributed by atoms with E-state index in [1.165, 1.54) is 16.5 Å². The van der Waals surface area contributed by atoms with Gasteiger partial charge in [0, 0.05) is 42.6 Å². The van der Waals surface area contributed by atoms with Gasteiger partial charge < -0.3 is 24.9 Å². The zero-order valence-electron chi connectivity index (χ0n) is 17.4. The Bertz CT molecular complexity index is 1010. The maximum Gasteiger partial charge on any atom is 0.286 e. The number of carbonyl (C=O) groups excluding carboxylic acids is 1. The second kappa shape index (κ2) is 10.6. The highest BCUT2D eigenvalue weighted by atomic mass is 32.1. The first-order chi connectivity index (χ1) is 15.2. The van der Waals surface area contributed by atoms with Crippen LogP contribution in [0.25, 0.3) is 10.9 Å². The summed E-state index contributed by atoms with van der Waals surface area (Å²) in [5.41, 5.74) is 3.44. The Kier molecular flexibility index (Phi) is 7.40. The fourth-order valence-electron chi connectivity index (χ4n) is 3.80. The van der Waals surface area contributed by atoms with Gasteiger partial charge in [-0.3, -0.25) is 4.79 Å². The fraction of sp³-hybridized carbons (Fsp3) is 0.375. The Morgan fingerprint density at radius 2 is 2.19 bits per heavy atom.